The predicted molar refractivity (Wildman–Crippen MR) is 113 cm³/mol. The fourth-order valence-corrected chi connectivity index (χ4v) is 3.00. The zero-order valence-electron chi connectivity index (χ0n) is 16.3. The Labute approximate surface area is 176 Å². The van der Waals surface area contributed by atoms with Crippen LogP contribution in [-0.4, -0.2) is 45.4 Å². The van der Waals surface area contributed by atoms with Gasteiger partial charge in [0.15, 0.2) is 17.3 Å². The maximum Gasteiger partial charge on any atom is 0.347 e. The Morgan fingerprint density at radius 2 is 2.07 bits per heavy atom. The number of carbonyl (C=O) groups is 2. The highest BCUT2D eigenvalue weighted by Crippen LogP contribution is 2.27. The third-order valence-electron chi connectivity index (χ3n) is 3.87. The van der Waals surface area contributed by atoms with Crippen molar-refractivity contribution in [3.63, 3.8) is 0 Å². The van der Waals surface area contributed by atoms with E-state index >= 15 is 0 Å². The SMILES string of the molecule is CC(C)(Oc1ccc(-c2csc(NC(=O)CO/N=C/c3ccc[nH]3)n2)cc1)C(=O)O. The molecule has 2 heterocycles. The number of hydrogen-bond acceptors (Lipinski definition) is 7. The van der Waals surface area contributed by atoms with Crippen molar-refractivity contribution in [2.45, 2.75) is 19.4 Å². The summed E-state index contributed by atoms with van der Waals surface area (Å²) >= 11 is 1.28. The van der Waals surface area contributed by atoms with Gasteiger partial charge in [0.05, 0.1) is 17.6 Å². The van der Waals surface area contributed by atoms with Gasteiger partial charge in [-0.25, -0.2) is 9.78 Å². The maximum absolute atomic E-state index is 11.9. The summed E-state index contributed by atoms with van der Waals surface area (Å²) in [7, 11) is 0. The van der Waals surface area contributed by atoms with E-state index in [-0.39, 0.29) is 12.5 Å². The zero-order chi connectivity index (χ0) is 21.6. The predicted octanol–water partition coefficient (Wildman–Crippen LogP) is 3.37. The van der Waals surface area contributed by atoms with E-state index in [9.17, 15) is 9.59 Å². The molecule has 1 aromatic carbocycles. The van der Waals surface area contributed by atoms with Crippen LogP contribution < -0.4 is 10.1 Å². The lowest BCUT2D eigenvalue weighted by Crippen LogP contribution is -2.37. The van der Waals surface area contributed by atoms with Gasteiger partial charge in [0.25, 0.3) is 5.91 Å². The molecule has 0 unspecified atom stereocenters. The Hall–Kier alpha value is -3.66. The number of nitrogens with one attached hydrogen (secondary N) is 2. The summed E-state index contributed by atoms with van der Waals surface area (Å²) < 4.78 is 5.48. The average molecular weight is 428 g/mol. The van der Waals surface area contributed by atoms with Crippen LogP contribution in [0, 0.1) is 0 Å². The molecule has 0 fully saturated rings. The Kier molecular flexibility index (Phi) is 6.48. The summed E-state index contributed by atoms with van der Waals surface area (Å²) in [6.07, 6.45) is 3.23. The maximum atomic E-state index is 11.9. The van der Waals surface area contributed by atoms with Crippen molar-refractivity contribution in [2.24, 2.45) is 5.16 Å². The summed E-state index contributed by atoms with van der Waals surface area (Å²) in [5.41, 5.74) is 0.916. The van der Waals surface area contributed by atoms with Gasteiger partial charge < -0.3 is 19.7 Å². The molecule has 30 heavy (non-hydrogen) atoms. The van der Waals surface area contributed by atoms with Gasteiger partial charge in [-0.15, -0.1) is 11.3 Å². The second-order valence-corrected chi connectivity index (χ2v) is 7.52. The Balaban J connectivity index is 1.52. The van der Waals surface area contributed by atoms with E-state index < -0.39 is 11.6 Å². The molecule has 3 aromatic rings. The Morgan fingerprint density at radius 3 is 2.73 bits per heavy atom. The van der Waals surface area contributed by atoms with Gasteiger partial charge in [0, 0.05) is 17.1 Å². The zero-order valence-corrected chi connectivity index (χ0v) is 17.1. The highest BCUT2D eigenvalue weighted by atomic mass is 32.1. The molecule has 0 spiro atoms. The summed E-state index contributed by atoms with van der Waals surface area (Å²) in [5.74, 6) is -0.989. The van der Waals surface area contributed by atoms with E-state index in [0.29, 0.717) is 16.6 Å². The molecular weight excluding hydrogens is 408 g/mol. The van der Waals surface area contributed by atoms with Gasteiger partial charge >= 0.3 is 5.97 Å². The number of oxime groups is 1. The molecule has 0 aliphatic rings. The number of carboxylic acids is 1. The molecule has 0 bridgehead atoms. The fourth-order valence-electron chi connectivity index (χ4n) is 2.27. The highest BCUT2D eigenvalue weighted by molar-refractivity contribution is 7.14. The minimum atomic E-state index is -1.33. The van der Waals surface area contributed by atoms with Crippen molar-refractivity contribution in [2.75, 3.05) is 11.9 Å². The van der Waals surface area contributed by atoms with E-state index in [1.807, 2.05) is 12.1 Å². The van der Waals surface area contributed by atoms with Crippen LogP contribution in [0.2, 0.25) is 0 Å². The van der Waals surface area contributed by atoms with Crippen molar-refractivity contribution in [1.82, 2.24) is 9.97 Å². The minimum absolute atomic E-state index is 0.239. The van der Waals surface area contributed by atoms with Crippen LogP contribution in [0.1, 0.15) is 19.5 Å². The second kappa shape index (κ2) is 9.23. The number of thiazole rings is 1. The molecule has 2 aromatic heterocycles. The highest BCUT2D eigenvalue weighted by Gasteiger charge is 2.29. The number of H-pyrrole nitrogens is 1. The van der Waals surface area contributed by atoms with Crippen molar-refractivity contribution in [3.8, 4) is 17.0 Å². The number of hydrogen-bond donors (Lipinski definition) is 3. The van der Waals surface area contributed by atoms with Crippen LogP contribution in [0.5, 0.6) is 5.75 Å². The molecule has 0 saturated carbocycles. The number of carbonyl (C=O) groups excluding carboxylic acids is 1. The number of aromatic nitrogens is 2. The smallest absolute Gasteiger partial charge is 0.347 e. The molecule has 0 atom stereocenters. The lowest BCUT2D eigenvalue weighted by Gasteiger charge is -2.21. The van der Waals surface area contributed by atoms with E-state index in [1.165, 1.54) is 31.4 Å². The first-order valence-electron chi connectivity index (χ1n) is 8.90. The second-order valence-electron chi connectivity index (χ2n) is 6.66. The largest absolute Gasteiger partial charge is 0.478 e. The summed E-state index contributed by atoms with van der Waals surface area (Å²) in [6, 6.07) is 10.5. The lowest BCUT2D eigenvalue weighted by atomic mass is 10.1. The van der Waals surface area contributed by atoms with Crippen LogP contribution >= 0.6 is 11.3 Å². The van der Waals surface area contributed by atoms with Crippen LogP contribution in [-0.2, 0) is 14.4 Å². The molecule has 0 saturated heterocycles. The number of benzene rings is 1. The molecule has 10 heteroatoms. The third-order valence-corrected chi connectivity index (χ3v) is 4.63. The minimum Gasteiger partial charge on any atom is -0.478 e. The standard InChI is InChI=1S/C20H20N4O5S/c1-20(2,18(26)27)29-15-7-5-13(6-8-15)16-12-30-19(23-16)24-17(25)11-28-22-10-14-4-3-9-21-14/h3-10,12,21H,11H2,1-2H3,(H,26,27)(H,23,24,25)/b22-10+. The number of nitrogens with zero attached hydrogens (tertiary/aromatic N) is 2. The molecule has 1 amide bonds. The topological polar surface area (TPSA) is 126 Å². The summed E-state index contributed by atoms with van der Waals surface area (Å²) in [4.78, 5) is 35.4. The van der Waals surface area contributed by atoms with Crippen molar-refractivity contribution < 1.29 is 24.3 Å². The van der Waals surface area contributed by atoms with Gasteiger partial charge in [0.1, 0.15) is 5.75 Å². The van der Waals surface area contributed by atoms with E-state index in [2.05, 4.69) is 20.4 Å². The fraction of sp³-hybridized carbons (Fsp3) is 0.200. The number of anilines is 1. The van der Waals surface area contributed by atoms with Crippen LogP contribution in [0.4, 0.5) is 5.13 Å². The molecular formula is C20H20N4O5S. The molecule has 3 N–H and O–H groups in total. The Bertz CT molecular complexity index is 1030. The normalized spacial score (nSPS) is 11.4. The first-order valence-corrected chi connectivity index (χ1v) is 9.78. The van der Waals surface area contributed by atoms with E-state index in [4.69, 9.17) is 14.7 Å². The van der Waals surface area contributed by atoms with Crippen molar-refractivity contribution in [1.29, 1.82) is 0 Å². The van der Waals surface area contributed by atoms with E-state index in [1.54, 1.807) is 35.8 Å². The molecule has 0 aliphatic carbocycles. The summed E-state index contributed by atoms with van der Waals surface area (Å²) in [6.45, 7) is 2.72. The van der Waals surface area contributed by atoms with Crippen molar-refractivity contribution >= 4 is 34.6 Å². The number of aliphatic carboxylic acids is 1. The Morgan fingerprint density at radius 1 is 1.30 bits per heavy atom. The molecule has 3 rings (SSSR count). The molecule has 9 nitrogen and oxygen atoms in total. The number of aromatic amines is 1. The van der Waals surface area contributed by atoms with Crippen LogP contribution in [0.15, 0.2) is 53.1 Å². The molecule has 0 aliphatic heterocycles. The monoisotopic (exact) mass is 428 g/mol. The van der Waals surface area contributed by atoms with Crippen LogP contribution in [0.3, 0.4) is 0 Å². The summed E-state index contributed by atoms with van der Waals surface area (Å²) in [5, 5.41) is 17.7. The molecule has 156 valence electrons. The number of carboxylic acid groups (broad SMARTS) is 1. The average Bonchev–Trinajstić information content (AvgIpc) is 3.37. The van der Waals surface area contributed by atoms with E-state index in [0.717, 1.165) is 11.3 Å². The molecule has 0 radical (unpaired) electrons. The number of rotatable bonds is 9. The van der Waals surface area contributed by atoms with Crippen LogP contribution in [0.25, 0.3) is 11.3 Å². The van der Waals surface area contributed by atoms with Gasteiger partial charge in [0.2, 0.25) is 0 Å². The number of ether oxygens (including phenoxy) is 1. The first kappa shape index (κ1) is 21.1. The van der Waals surface area contributed by atoms with Gasteiger partial charge in [-0.2, -0.15) is 0 Å². The van der Waals surface area contributed by atoms with Gasteiger partial charge in [-0.1, -0.05) is 5.16 Å². The van der Waals surface area contributed by atoms with Gasteiger partial charge in [-0.3, -0.25) is 10.1 Å². The quantitative estimate of drug-likeness (QED) is 0.354. The third kappa shape index (κ3) is 5.67. The van der Waals surface area contributed by atoms with Crippen molar-refractivity contribution in [3.05, 3.63) is 53.7 Å². The first-order chi connectivity index (χ1) is 14.3. The number of amides is 1. The van der Waals surface area contributed by atoms with Gasteiger partial charge in [-0.05, 0) is 50.2 Å². The lowest BCUT2D eigenvalue weighted by molar-refractivity contribution is -0.152.